The molecule has 0 saturated carbocycles. The Hall–Kier alpha value is -1.02. The van der Waals surface area contributed by atoms with Crippen LogP contribution in [0.15, 0.2) is 18.2 Å². The SMILES string of the molecule is CC1CCCCN1c1ccc(C=O)c(Cl)c1. The van der Waals surface area contributed by atoms with E-state index in [1.54, 1.807) is 6.07 Å². The monoisotopic (exact) mass is 237 g/mol. The van der Waals surface area contributed by atoms with Gasteiger partial charge in [-0.25, -0.2) is 0 Å². The topological polar surface area (TPSA) is 20.3 Å². The van der Waals surface area contributed by atoms with E-state index in [0.717, 1.165) is 18.5 Å². The zero-order valence-electron chi connectivity index (χ0n) is 9.45. The molecule has 0 radical (unpaired) electrons. The first-order chi connectivity index (χ1) is 7.72. The van der Waals surface area contributed by atoms with E-state index < -0.39 is 0 Å². The van der Waals surface area contributed by atoms with Gasteiger partial charge in [0.1, 0.15) is 0 Å². The molecule has 16 heavy (non-hydrogen) atoms. The van der Waals surface area contributed by atoms with Gasteiger partial charge in [-0.05, 0) is 44.4 Å². The van der Waals surface area contributed by atoms with Crippen molar-refractivity contribution >= 4 is 23.6 Å². The number of benzene rings is 1. The van der Waals surface area contributed by atoms with Gasteiger partial charge in [0.05, 0.1) is 5.02 Å². The number of piperidine rings is 1. The number of nitrogens with zero attached hydrogens (tertiary/aromatic N) is 1. The molecule has 3 heteroatoms. The molecule has 1 saturated heterocycles. The summed E-state index contributed by atoms with van der Waals surface area (Å²) >= 11 is 6.04. The quantitative estimate of drug-likeness (QED) is 0.734. The summed E-state index contributed by atoms with van der Waals surface area (Å²) in [6.07, 6.45) is 4.56. The Bertz CT molecular complexity index is 392. The van der Waals surface area contributed by atoms with Gasteiger partial charge in [0.2, 0.25) is 0 Å². The minimum atomic E-state index is 0.547. The predicted octanol–water partition coefficient (Wildman–Crippen LogP) is 3.53. The van der Waals surface area contributed by atoms with Gasteiger partial charge in [-0.2, -0.15) is 0 Å². The van der Waals surface area contributed by atoms with E-state index in [9.17, 15) is 4.79 Å². The second-order valence-corrected chi connectivity index (χ2v) is 4.77. The number of carbonyl (C=O) groups is 1. The van der Waals surface area contributed by atoms with Crippen LogP contribution in [0.5, 0.6) is 0 Å². The van der Waals surface area contributed by atoms with E-state index in [1.807, 2.05) is 12.1 Å². The van der Waals surface area contributed by atoms with E-state index in [2.05, 4.69) is 11.8 Å². The average Bonchev–Trinajstić information content (AvgIpc) is 2.29. The molecule has 0 aromatic heterocycles. The van der Waals surface area contributed by atoms with Crippen LogP contribution in [0.3, 0.4) is 0 Å². The van der Waals surface area contributed by atoms with Gasteiger partial charge < -0.3 is 4.90 Å². The highest BCUT2D eigenvalue weighted by Gasteiger charge is 2.18. The van der Waals surface area contributed by atoms with Crippen molar-refractivity contribution in [3.63, 3.8) is 0 Å². The van der Waals surface area contributed by atoms with E-state index in [-0.39, 0.29) is 0 Å². The number of aldehydes is 1. The van der Waals surface area contributed by atoms with Crippen LogP contribution in [0.25, 0.3) is 0 Å². The van der Waals surface area contributed by atoms with Crippen LogP contribution >= 0.6 is 11.6 Å². The van der Waals surface area contributed by atoms with Crippen molar-refractivity contribution in [2.75, 3.05) is 11.4 Å². The molecule has 86 valence electrons. The van der Waals surface area contributed by atoms with Gasteiger partial charge in [0.25, 0.3) is 0 Å². The highest BCUT2D eigenvalue weighted by molar-refractivity contribution is 6.33. The van der Waals surface area contributed by atoms with Crippen molar-refractivity contribution in [1.29, 1.82) is 0 Å². The van der Waals surface area contributed by atoms with Crippen LogP contribution in [0, 0.1) is 0 Å². The number of carbonyl (C=O) groups excluding carboxylic acids is 1. The smallest absolute Gasteiger partial charge is 0.151 e. The van der Waals surface area contributed by atoms with Gasteiger partial charge in [-0.3, -0.25) is 4.79 Å². The Kier molecular flexibility index (Phi) is 3.49. The third-order valence-corrected chi connectivity index (χ3v) is 3.57. The standard InChI is InChI=1S/C13H16ClNO/c1-10-4-2-3-7-15(10)12-6-5-11(9-16)13(14)8-12/h5-6,8-10H,2-4,7H2,1H3. The van der Waals surface area contributed by atoms with Crippen molar-refractivity contribution in [3.8, 4) is 0 Å². The molecule has 1 aromatic carbocycles. The van der Waals surface area contributed by atoms with Gasteiger partial charge in [-0.15, -0.1) is 0 Å². The molecule has 0 aliphatic carbocycles. The summed E-state index contributed by atoms with van der Waals surface area (Å²) < 4.78 is 0. The Balaban J connectivity index is 2.26. The van der Waals surface area contributed by atoms with Gasteiger partial charge in [0, 0.05) is 23.8 Å². The third kappa shape index (κ3) is 2.22. The zero-order valence-corrected chi connectivity index (χ0v) is 10.2. The van der Waals surface area contributed by atoms with E-state index in [0.29, 0.717) is 16.6 Å². The van der Waals surface area contributed by atoms with E-state index >= 15 is 0 Å². The fourth-order valence-corrected chi connectivity index (χ4v) is 2.49. The van der Waals surface area contributed by atoms with Crippen LogP contribution in [0.2, 0.25) is 5.02 Å². The third-order valence-electron chi connectivity index (χ3n) is 3.25. The van der Waals surface area contributed by atoms with E-state index in [4.69, 9.17) is 11.6 Å². The number of halogens is 1. The summed E-state index contributed by atoms with van der Waals surface area (Å²) in [7, 11) is 0. The van der Waals surface area contributed by atoms with Crippen LogP contribution in [-0.4, -0.2) is 18.9 Å². The summed E-state index contributed by atoms with van der Waals surface area (Å²) in [5, 5.41) is 0.547. The molecular formula is C13H16ClNO. The summed E-state index contributed by atoms with van der Waals surface area (Å²) in [4.78, 5) is 13.0. The Labute approximate surface area is 101 Å². The Morgan fingerprint density at radius 1 is 1.44 bits per heavy atom. The predicted molar refractivity (Wildman–Crippen MR) is 67.5 cm³/mol. The summed E-state index contributed by atoms with van der Waals surface area (Å²) in [6.45, 7) is 3.32. The van der Waals surface area contributed by atoms with Gasteiger partial charge >= 0.3 is 0 Å². The highest BCUT2D eigenvalue weighted by Crippen LogP contribution is 2.28. The fourth-order valence-electron chi connectivity index (χ4n) is 2.27. The molecule has 1 aliphatic heterocycles. The maximum Gasteiger partial charge on any atom is 0.151 e. The molecule has 1 atom stereocenters. The molecule has 1 heterocycles. The molecule has 1 aliphatic rings. The summed E-state index contributed by atoms with van der Waals surface area (Å²) in [5.41, 5.74) is 1.69. The number of hydrogen-bond donors (Lipinski definition) is 0. The number of hydrogen-bond acceptors (Lipinski definition) is 2. The number of anilines is 1. The van der Waals surface area contributed by atoms with Crippen LogP contribution < -0.4 is 4.90 Å². The lowest BCUT2D eigenvalue weighted by atomic mass is 10.0. The van der Waals surface area contributed by atoms with Crippen LogP contribution in [0.1, 0.15) is 36.5 Å². The first-order valence-corrected chi connectivity index (χ1v) is 6.11. The zero-order chi connectivity index (χ0) is 11.5. The van der Waals surface area contributed by atoms with Crippen LogP contribution in [-0.2, 0) is 0 Å². The molecular weight excluding hydrogens is 222 g/mol. The average molecular weight is 238 g/mol. The molecule has 0 N–H and O–H groups in total. The molecule has 2 nitrogen and oxygen atoms in total. The molecule has 2 rings (SSSR count). The first kappa shape index (κ1) is 11.5. The Morgan fingerprint density at radius 3 is 2.88 bits per heavy atom. The van der Waals surface area contributed by atoms with Gasteiger partial charge in [0.15, 0.2) is 6.29 Å². The largest absolute Gasteiger partial charge is 0.369 e. The number of rotatable bonds is 2. The minimum absolute atomic E-state index is 0.547. The normalized spacial score (nSPS) is 20.9. The molecule has 1 aromatic rings. The Morgan fingerprint density at radius 2 is 2.25 bits per heavy atom. The fraction of sp³-hybridized carbons (Fsp3) is 0.462. The minimum Gasteiger partial charge on any atom is -0.369 e. The van der Waals surface area contributed by atoms with Crippen molar-refractivity contribution < 1.29 is 4.79 Å². The lowest BCUT2D eigenvalue weighted by Gasteiger charge is -2.35. The van der Waals surface area contributed by atoms with Crippen molar-refractivity contribution in [3.05, 3.63) is 28.8 Å². The molecule has 0 bridgehead atoms. The summed E-state index contributed by atoms with van der Waals surface area (Å²) in [6, 6.07) is 6.24. The van der Waals surface area contributed by atoms with Crippen LogP contribution in [0.4, 0.5) is 5.69 Å². The maximum absolute atomic E-state index is 10.7. The highest BCUT2D eigenvalue weighted by atomic mass is 35.5. The molecule has 0 spiro atoms. The second-order valence-electron chi connectivity index (χ2n) is 4.36. The lowest BCUT2D eigenvalue weighted by molar-refractivity contribution is 0.112. The first-order valence-electron chi connectivity index (χ1n) is 5.74. The van der Waals surface area contributed by atoms with Crippen molar-refractivity contribution in [2.24, 2.45) is 0 Å². The molecule has 0 amide bonds. The maximum atomic E-state index is 10.7. The van der Waals surface area contributed by atoms with Crippen molar-refractivity contribution in [1.82, 2.24) is 0 Å². The second kappa shape index (κ2) is 4.88. The summed E-state index contributed by atoms with van der Waals surface area (Å²) in [5.74, 6) is 0. The van der Waals surface area contributed by atoms with E-state index in [1.165, 1.54) is 19.3 Å². The van der Waals surface area contributed by atoms with Crippen molar-refractivity contribution in [2.45, 2.75) is 32.2 Å². The molecule has 1 fully saturated rings. The van der Waals surface area contributed by atoms with Gasteiger partial charge in [-0.1, -0.05) is 11.6 Å². The lowest BCUT2D eigenvalue weighted by Crippen LogP contribution is -2.37. The molecule has 1 unspecified atom stereocenters.